The Bertz CT molecular complexity index is 483. The highest BCUT2D eigenvalue weighted by Gasteiger charge is 2.20. The summed E-state index contributed by atoms with van der Waals surface area (Å²) in [6.45, 7) is 4.36. The zero-order valence-corrected chi connectivity index (χ0v) is 11.0. The third-order valence-electron chi connectivity index (χ3n) is 2.66. The number of hydrogen-bond acceptors (Lipinski definition) is 4. The van der Waals surface area contributed by atoms with Gasteiger partial charge in [0.1, 0.15) is 0 Å². The molecule has 0 heterocycles. The Morgan fingerprint density at radius 3 is 2.72 bits per heavy atom. The summed E-state index contributed by atoms with van der Waals surface area (Å²) in [4.78, 5) is 12.3. The maximum absolute atomic E-state index is 10.9. The van der Waals surface area contributed by atoms with Crippen LogP contribution in [0.4, 0.5) is 5.69 Å². The molecule has 1 aromatic rings. The zero-order chi connectivity index (χ0) is 13.7. The first-order chi connectivity index (χ1) is 8.47. The quantitative estimate of drug-likeness (QED) is 0.467. The normalized spacial score (nSPS) is 10.7. The number of nitriles is 1. The fourth-order valence-corrected chi connectivity index (χ4v) is 1.82. The van der Waals surface area contributed by atoms with Gasteiger partial charge in [0, 0.05) is 18.7 Å². The van der Waals surface area contributed by atoms with E-state index >= 15 is 0 Å². The maximum Gasteiger partial charge on any atom is 0.275 e. The lowest BCUT2D eigenvalue weighted by atomic mass is 10.1. The second-order valence-corrected chi connectivity index (χ2v) is 4.56. The molecule has 0 unspecified atom stereocenters. The van der Waals surface area contributed by atoms with Gasteiger partial charge in [-0.1, -0.05) is 17.7 Å². The Hall–Kier alpha value is -1.64. The molecule has 0 amide bonds. The topological polar surface area (TPSA) is 70.2 Å². The molecule has 0 fully saturated rings. The molecule has 0 radical (unpaired) electrons. The molecule has 1 aromatic carbocycles. The molecule has 0 atom stereocenters. The summed E-state index contributed by atoms with van der Waals surface area (Å²) in [5.74, 6) is 0. The van der Waals surface area contributed by atoms with Crippen molar-refractivity contribution in [1.82, 2.24) is 4.90 Å². The minimum atomic E-state index is -0.452. The molecule has 0 aliphatic heterocycles. The average Bonchev–Trinajstić information content (AvgIpc) is 2.30. The number of nitrogens with zero attached hydrogens (tertiary/aromatic N) is 3. The smallest absolute Gasteiger partial charge is 0.275 e. The highest BCUT2D eigenvalue weighted by atomic mass is 35.5. The molecule has 0 saturated carbocycles. The van der Waals surface area contributed by atoms with E-state index in [0.29, 0.717) is 17.1 Å². The Morgan fingerprint density at radius 2 is 2.22 bits per heavy atom. The number of hydrogen-bond donors (Lipinski definition) is 0. The highest BCUT2D eigenvalue weighted by molar-refractivity contribution is 6.31. The summed E-state index contributed by atoms with van der Waals surface area (Å²) in [6, 6.07) is 6.75. The Kier molecular flexibility index (Phi) is 5.08. The van der Waals surface area contributed by atoms with Crippen LogP contribution in [0.5, 0.6) is 0 Å². The van der Waals surface area contributed by atoms with Gasteiger partial charge in [-0.15, -0.1) is 0 Å². The third-order valence-corrected chi connectivity index (χ3v) is 3.01. The van der Waals surface area contributed by atoms with Crippen molar-refractivity contribution >= 4 is 17.3 Å². The van der Waals surface area contributed by atoms with Crippen molar-refractivity contribution in [2.24, 2.45) is 0 Å². The number of rotatable bonds is 5. The minimum Gasteiger partial charge on any atom is -0.284 e. The first kappa shape index (κ1) is 14.4. The lowest BCUT2D eigenvalue weighted by Crippen LogP contribution is -2.31. The number of nitro groups is 1. The van der Waals surface area contributed by atoms with Crippen molar-refractivity contribution in [2.75, 3.05) is 6.54 Å². The number of nitro benzene ring substituents is 1. The molecule has 0 aliphatic rings. The van der Waals surface area contributed by atoms with E-state index in [1.54, 1.807) is 12.1 Å². The van der Waals surface area contributed by atoms with Crippen molar-refractivity contribution in [3.8, 4) is 6.07 Å². The van der Waals surface area contributed by atoms with E-state index in [-0.39, 0.29) is 18.3 Å². The molecule has 5 nitrogen and oxygen atoms in total. The van der Waals surface area contributed by atoms with Crippen LogP contribution in [-0.2, 0) is 6.54 Å². The van der Waals surface area contributed by atoms with Crippen LogP contribution in [0.1, 0.15) is 19.4 Å². The van der Waals surface area contributed by atoms with Crippen LogP contribution < -0.4 is 0 Å². The number of halogens is 1. The predicted octanol–water partition coefficient (Wildman–Crippen LogP) is 2.98. The van der Waals surface area contributed by atoms with Gasteiger partial charge >= 0.3 is 0 Å². The molecule has 1 rings (SSSR count). The van der Waals surface area contributed by atoms with Gasteiger partial charge in [-0.2, -0.15) is 5.26 Å². The predicted molar refractivity (Wildman–Crippen MR) is 69.3 cm³/mol. The van der Waals surface area contributed by atoms with Crippen molar-refractivity contribution < 1.29 is 4.92 Å². The SMILES string of the molecule is CC(C)N(CC#N)Cc1c(Cl)cccc1[N+](=O)[O-]. The monoisotopic (exact) mass is 267 g/mol. The summed E-state index contributed by atoms with van der Waals surface area (Å²) < 4.78 is 0. The highest BCUT2D eigenvalue weighted by Crippen LogP contribution is 2.27. The lowest BCUT2D eigenvalue weighted by molar-refractivity contribution is -0.385. The van der Waals surface area contributed by atoms with Gasteiger partial charge in [0.2, 0.25) is 0 Å². The van der Waals surface area contributed by atoms with Crippen molar-refractivity contribution in [3.63, 3.8) is 0 Å². The van der Waals surface area contributed by atoms with Crippen molar-refractivity contribution in [1.29, 1.82) is 5.26 Å². The van der Waals surface area contributed by atoms with Crippen LogP contribution >= 0.6 is 11.6 Å². The molecule has 0 N–H and O–H groups in total. The van der Waals surface area contributed by atoms with Gasteiger partial charge < -0.3 is 0 Å². The molecular formula is C12H14ClN3O2. The van der Waals surface area contributed by atoms with Gasteiger partial charge in [-0.25, -0.2) is 0 Å². The standard InChI is InChI=1S/C12H14ClN3O2/c1-9(2)15(7-6-14)8-10-11(13)4-3-5-12(10)16(17)18/h3-5,9H,7-8H2,1-2H3. The van der Waals surface area contributed by atoms with Crippen LogP contribution in [0.3, 0.4) is 0 Å². The van der Waals surface area contributed by atoms with Crippen LogP contribution in [0.25, 0.3) is 0 Å². The summed E-state index contributed by atoms with van der Waals surface area (Å²) in [6.07, 6.45) is 0. The van der Waals surface area contributed by atoms with Crippen LogP contribution in [0, 0.1) is 21.4 Å². The fourth-order valence-electron chi connectivity index (χ4n) is 1.59. The molecule has 6 heteroatoms. The largest absolute Gasteiger partial charge is 0.284 e. The van der Waals surface area contributed by atoms with E-state index in [1.165, 1.54) is 6.07 Å². The summed E-state index contributed by atoms with van der Waals surface area (Å²) >= 11 is 6.01. The van der Waals surface area contributed by atoms with Gasteiger partial charge in [0.05, 0.1) is 28.1 Å². The summed E-state index contributed by atoms with van der Waals surface area (Å²) in [5.41, 5.74) is 0.444. The van der Waals surface area contributed by atoms with E-state index in [2.05, 4.69) is 6.07 Å². The fraction of sp³-hybridized carbons (Fsp3) is 0.417. The van der Waals surface area contributed by atoms with Crippen molar-refractivity contribution in [2.45, 2.75) is 26.4 Å². The Balaban J connectivity index is 3.09. The molecule has 96 valence electrons. The lowest BCUT2D eigenvalue weighted by Gasteiger charge is -2.23. The summed E-state index contributed by atoms with van der Waals surface area (Å²) in [7, 11) is 0. The van der Waals surface area contributed by atoms with Gasteiger partial charge in [-0.3, -0.25) is 15.0 Å². The molecule has 0 bridgehead atoms. The van der Waals surface area contributed by atoms with E-state index in [9.17, 15) is 10.1 Å². The van der Waals surface area contributed by atoms with E-state index < -0.39 is 4.92 Å². The number of benzene rings is 1. The first-order valence-electron chi connectivity index (χ1n) is 5.50. The molecule has 0 aromatic heterocycles. The van der Waals surface area contributed by atoms with E-state index in [1.807, 2.05) is 18.7 Å². The van der Waals surface area contributed by atoms with Crippen molar-refractivity contribution in [3.05, 3.63) is 38.9 Å². The van der Waals surface area contributed by atoms with E-state index in [0.717, 1.165) is 0 Å². The second kappa shape index (κ2) is 6.34. The average molecular weight is 268 g/mol. The third kappa shape index (κ3) is 3.42. The molecule has 18 heavy (non-hydrogen) atoms. The van der Waals surface area contributed by atoms with Crippen LogP contribution in [0.15, 0.2) is 18.2 Å². The van der Waals surface area contributed by atoms with Gasteiger partial charge in [-0.05, 0) is 19.9 Å². The zero-order valence-electron chi connectivity index (χ0n) is 10.3. The van der Waals surface area contributed by atoms with Crippen LogP contribution in [-0.4, -0.2) is 22.4 Å². The minimum absolute atomic E-state index is 0.00825. The van der Waals surface area contributed by atoms with Gasteiger partial charge in [0.15, 0.2) is 0 Å². The van der Waals surface area contributed by atoms with Crippen LogP contribution in [0.2, 0.25) is 5.02 Å². The first-order valence-corrected chi connectivity index (χ1v) is 5.88. The Labute approximate surface area is 111 Å². The summed E-state index contributed by atoms with van der Waals surface area (Å²) in [5, 5.41) is 20.1. The Morgan fingerprint density at radius 1 is 1.56 bits per heavy atom. The molecular weight excluding hydrogens is 254 g/mol. The molecule has 0 aliphatic carbocycles. The molecule has 0 spiro atoms. The maximum atomic E-state index is 10.9. The van der Waals surface area contributed by atoms with Gasteiger partial charge in [0.25, 0.3) is 5.69 Å². The molecule has 0 saturated heterocycles. The second-order valence-electron chi connectivity index (χ2n) is 4.15. The van der Waals surface area contributed by atoms with E-state index in [4.69, 9.17) is 16.9 Å².